The highest BCUT2D eigenvalue weighted by Gasteiger charge is 2.38. The van der Waals surface area contributed by atoms with Crippen LogP contribution in [0.15, 0.2) is 6.07 Å². The van der Waals surface area contributed by atoms with E-state index in [1.807, 2.05) is 29.5 Å². The van der Waals surface area contributed by atoms with E-state index in [2.05, 4.69) is 20.6 Å². The van der Waals surface area contributed by atoms with E-state index in [0.717, 1.165) is 35.8 Å². The van der Waals surface area contributed by atoms with Gasteiger partial charge >= 0.3 is 0 Å². The normalized spacial score (nSPS) is 20.4. The maximum atomic E-state index is 12.7. The van der Waals surface area contributed by atoms with Gasteiger partial charge in [-0.15, -0.1) is 10.2 Å². The van der Waals surface area contributed by atoms with Crippen LogP contribution in [0, 0.1) is 19.8 Å². The van der Waals surface area contributed by atoms with Crippen LogP contribution in [-0.2, 0) is 22.6 Å². The smallest absolute Gasteiger partial charge is 0.231 e. The van der Waals surface area contributed by atoms with E-state index in [4.69, 9.17) is 0 Å². The van der Waals surface area contributed by atoms with E-state index in [-0.39, 0.29) is 17.7 Å². The average molecular weight is 417 g/mol. The summed E-state index contributed by atoms with van der Waals surface area (Å²) in [6.45, 7) is 5.27. The third-order valence-electron chi connectivity index (χ3n) is 5.88. The Balaban J connectivity index is 1.30. The number of aromatic nitrogens is 4. The lowest BCUT2D eigenvalue weighted by molar-refractivity contribution is -0.130. The Bertz CT molecular complexity index is 885. The van der Waals surface area contributed by atoms with Crippen LogP contribution in [0.2, 0.25) is 0 Å². The topological polar surface area (TPSA) is 93.0 Å². The molecule has 0 radical (unpaired) electrons. The zero-order chi connectivity index (χ0) is 20.4. The third kappa shape index (κ3) is 4.66. The first-order chi connectivity index (χ1) is 14.0. The SMILES string of the molecule is Cc1cc(C)n(CCc2nnc(NC(=O)[C@@H]3CC(=O)N(C4CCCCC4)C3)s2)n1. The molecule has 2 aromatic heterocycles. The van der Waals surface area contributed by atoms with Gasteiger partial charge in [0.1, 0.15) is 5.01 Å². The van der Waals surface area contributed by atoms with E-state index in [0.29, 0.717) is 30.6 Å². The molecule has 2 fully saturated rings. The molecule has 9 heteroatoms. The molecule has 4 rings (SSSR count). The van der Waals surface area contributed by atoms with Crippen molar-refractivity contribution in [3.8, 4) is 0 Å². The van der Waals surface area contributed by atoms with Gasteiger partial charge in [-0.25, -0.2) is 0 Å². The molecule has 156 valence electrons. The van der Waals surface area contributed by atoms with Crippen LogP contribution < -0.4 is 5.32 Å². The second-order valence-corrected chi connectivity index (χ2v) is 9.19. The number of hydrogen-bond donors (Lipinski definition) is 1. The summed E-state index contributed by atoms with van der Waals surface area (Å²) in [5.74, 6) is -0.315. The Hall–Kier alpha value is -2.29. The second kappa shape index (κ2) is 8.61. The van der Waals surface area contributed by atoms with Gasteiger partial charge in [0.25, 0.3) is 0 Å². The van der Waals surface area contributed by atoms with Gasteiger partial charge in [-0.2, -0.15) is 5.10 Å². The van der Waals surface area contributed by atoms with Gasteiger partial charge in [0.05, 0.1) is 11.6 Å². The number of anilines is 1. The van der Waals surface area contributed by atoms with Crippen LogP contribution in [0.5, 0.6) is 0 Å². The van der Waals surface area contributed by atoms with Gasteiger partial charge in [0.15, 0.2) is 0 Å². The number of nitrogens with one attached hydrogen (secondary N) is 1. The molecular formula is C20H28N6O2S. The summed E-state index contributed by atoms with van der Waals surface area (Å²) >= 11 is 1.39. The van der Waals surface area contributed by atoms with Crippen molar-refractivity contribution >= 4 is 28.3 Å². The number of carbonyl (C=O) groups is 2. The molecule has 0 unspecified atom stereocenters. The Kier molecular flexibility index (Phi) is 5.94. The number of aryl methyl sites for hydroxylation is 4. The van der Waals surface area contributed by atoms with Crippen LogP contribution >= 0.6 is 11.3 Å². The number of rotatable bonds is 6. The first-order valence-electron chi connectivity index (χ1n) is 10.4. The molecule has 2 aliphatic rings. The summed E-state index contributed by atoms with van der Waals surface area (Å²) in [6.07, 6.45) is 6.75. The molecule has 0 bridgehead atoms. The third-order valence-corrected chi connectivity index (χ3v) is 6.78. The van der Waals surface area contributed by atoms with E-state index in [9.17, 15) is 9.59 Å². The summed E-state index contributed by atoms with van der Waals surface area (Å²) < 4.78 is 1.96. The standard InChI is InChI=1S/C20H28N6O2S/c1-13-10-14(2)26(24-13)9-8-17-22-23-20(29-17)21-19(28)15-11-18(27)25(12-15)16-6-4-3-5-7-16/h10,15-16H,3-9,11-12H2,1-2H3,(H,21,23,28)/t15-/m1/s1. The van der Waals surface area contributed by atoms with Gasteiger partial charge in [0, 0.05) is 37.7 Å². The number of nitrogens with zero attached hydrogens (tertiary/aromatic N) is 5. The van der Waals surface area contributed by atoms with E-state index < -0.39 is 0 Å². The van der Waals surface area contributed by atoms with Crippen molar-refractivity contribution in [2.45, 2.75) is 71.4 Å². The van der Waals surface area contributed by atoms with Crippen molar-refractivity contribution in [2.75, 3.05) is 11.9 Å². The molecule has 0 spiro atoms. The molecule has 2 amide bonds. The van der Waals surface area contributed by atoms with Crippen molar-refractivity contribution in [1.82, 2.24) is 24.9 Å². The largest absolute Gasteiger partial charge is 0.339 e. The average Bonchev–Trinajstić information content (AvgIpc) is 3.39. The van der Waals surface area contributed by atoms with E-state index in [1.54, 1.807) is 0 Å². The maximum Gasteiger partial charge on any atom is 0.231 e. The lowest BCUT2D eigenvalue weighted by Crippen LogP contribution is -2.38. The first kappa shape index (κ1) is 20.0. The van der Waals surface area contributed by atoms with Gasteiger partial charge in [-0.3, -0.25) is 14.3 Å². The summed E-state index contributed by atoms with van der Waals surface area (Å²) in [5.41, 5.74) is 2.12. The molecule has 1 saturated heterocycles. The molecule has 3 heterocycles. The molecule has 0 aromatic carbocycles. The van der Waals surface area contributed by atoms with Gasteiger partial charge in [-0.1, -0.05) is 30.6 Å². The predicted molar refractivity (Wildman–Crippen MR) is 111 cm³/mol. The first-order valence-corrected chi connectivity index (χ1v) is 11.2. The summed E-state index contributed by atoms with van der Waals surface area (Å²) in [5, 5.41) is 17.0. The minimum atomic E-state index is -0.300. The van der Waals surface area contributed by atoms with Crippen molar-refractivity contribution in [3.05, 3.63) is 22.5 Å². The Morgan fingerprint density at radius 3 is 2.76 bits per heavy atom. The number of likely N-dealkylation sites (tertiary alicyclic amines) is 1. The number of amides is 2. The summed E-state index contributed by atoms with van der Waals surface area (Å²) in [4.78, 5) is 27.0. The van der Waals surface area contributed by atoms with Gasteiger partial charge in [-0.05, 0) is 32.8 Å². The fraction of sp³-hybridized carbons (Fsp3) is 0.650. The zero-order valence-electron chi connectivity index (χ0n) is 17.1. The lowest BCUT2D eigenvalue weighted by atomic mass is 9.94. The van der Waals surface area contributed by atoms with E-state index >= 15 is 0 Å². The fourth-order valence-electron chi connectivity index (χ4n) is 4.37. The molecule has 1 aliphatic heterocycles. The molecule has 29 heavy (non-hydrogen) atoms. The van der Waals surface area contributed by atoms with Crippen LogP contribution in [0.4, 0.5) is 5.13 Å². The zero-order valence-corrected chi connectivity index (χ0v) is 17.9. The summed E-state index contributed by atoms with van der Waals surface area (Å²) in [6, 6.07) is 2.36. The monoisotopic (exact) mass is 416 g/mol. The van der Waals surface area contributed by atoms with Crippen molar-refractivity contribution in [2.24, 2.45) is 5.92 Å². The highest BCUT2D eigenvalue weighted by atomic mass is 32.1. The number of carbonyl (C=O) groups excluding carboxylic acids is 2. The molecule has 1 N–H and O–H groups in total. The molecule has 1 atom stereocenters. The van der Waals surface area contributed by atoms with Gasteiger partial charge < -0.3 is 10.2 Å². The number of hydrogen-bond acceptors (Lipinski definition) is 6. The quantitative estimate of drug-likeness (QED) is 0.782. The van der Waals surface area contributed by atoms with Crippen molar-refractivity contribution in [1.29, 1.82) is 0 Å². The van der Waals surface area contributed by atoms with E-state index in [1.165, 1.54) is 30.6 Å². The summed E-state index contributed by atoms with van der Waals surface area (Å²) in [7, 11) is 0. The molecular weight excluding hydrogens is 388 g/mol. The highest BCUT2D eigenvalue weighted by Crippen LogP contribution is 2.29. The van der Waals surface area contributed by atoms with Gasteiger partial charge in [0.2, 0.25) is 16.9 Å². The molecule has 8 nitrogen and oxygen atoms in total. The molecule has 1 saturated carbocycles. The highest BCUT2D eigenvalue weighted by molar-refractivity contribution is 7.15. The van der Waals surface area contributed by atoms with Crippen molar-refractivity contribution in [3.63, 3.8) is 0 Å². The molecule has 1 aliphatic carbocycles. The fourth-order valence-corrected chi connectivity index (χ4v) is 5.10. The Labute approximate surface area is 174 Å². The Morgan fingerprint density at radius 2 is 2.03 bits per heavy atom. The predicted octanol–water partition coefficient (Wildman–Crippen LogP) is 2.71. The lowest BCUT2D eigenvalue weighted by Gasteiger charge is -2.31. The van der Waals surface area contributed by atoms with Crippen molar-refractivity contribution < 1.29 is 9.59 Å². The molecule has 2 aromatic rings. The minimum Gasteiger partial charge on any atom is -0.339 e. The van der Waals surface area contributed by atoms with Crippen LogP contribution in [0.1, 0.15) is 54.9 Å². The Morgan fingerprint density at radius 1 is 1.24 bits per heavy atom. The minimum absolute atomic E-state index is 0.111. The van der Waals surface area contributed by atoms with Crippen LogP contribution in [-0.4, -0.2) is 49.3 Å². The van der Waals surface area contributed by atoms with Crippen LogP contribution in [0.25, 0.3) is 0 Å². The van der Waals surface area contributed by atoms with Crippen LogP contribution in [0.3, 0.4) is 0 Å². The maximum absolute atomic E-state index is 12.7. The second-order valence-electron chi connectivity index (χ2n) is 8.13.